The average Bonchev–Trinajstić information content (AvgIpc) is 2.42. The van der Waals surface area contributed by atoms with Crippen LogP contribution in [0.4, 0.5) is 11.4 Å². The Morgan fingerprint density at radius 1 is 1.19 bits per heavy atom. The molecule has 2 rings (SSSR count). The largest absolute Gasteiger partial charge is 0.478 e. The van der Waals surface area contributed by atoms with Gasteiger partial charge in [-0.1, -0.05) is 6.07 Å². The first kappa shape index (κ1) is 14.7. The van der Waals surface area contributed by atoms with Gasteiger partial charge in [0.05, 0.1) is 5.56 Å². The SMILES string of the molecule is Cc1cc(Oc2cccc(N(C)C)c2)cc(C(=O)O)c1N. The lowest BCUT2D eigenvalue weighted by Crippen LogP contribution is -2.08. The standard InChI is InChI=1S/C16H18N2O3/c1-10-7-13(9-14(15(10)17)16(19)20)21-12-6-4-5-11(8-12)18(2)3/h4-9H,17H2,1-3H3,(H,19,20). The van der Waals surface area contributed by atoms with E-state index in [0.717, 1.165) is 5.69 Å². The average molecular weight is 286 g/mol. The second-order valence-electron chi connectivity index (χ2n) is 5.00. The number of nitrogen functional groups attached to an aromatic ring is 1. The summed E-state index contributed by atoms with van der Waals surface area (Å²) >= 11 is 0. The Hall–Kier alpha value is -2.69. The fourth-order valence-electron chi connectivity index (χ4n) is 1.96. The quantitative estimate of drug-likeness (QED) is 0.844. The third-order valence-electron chi connectivity index (χ3n) is 3.16. The Morgan fingerprint density at radius 3 is 2.52 bits per heavy atom. The summed E-state index contributed by atoms with van der Waals surface area (Å²) in [5, 5.41) is 9.16. The van der Waals surface area contributed by atoms with Gasteiger partial charge < -0.3 is 20.5 Å². The Labute approximate surface area is 123 Å². The number of anilines is 2. The molecule has 0 amide bonds. The molecule has 0 saturated carbocycles. The summed E-state index contributed by atoms with van der Waals surface area (Å²) in [5.41, 5.74) is 7.75. The number of nitrogens with two attached hydrogens (primary N) is 1. The van der Waals surface area contributed by atoms with Crippen molar-refractivity contribution in [2.45, 2.75) is 6.92 Å². The van der Waals surface area contributed by atoms with Crippen molar-refractivity contribution in [2.24, 2.45) is 0 Å². The van der Waals surface area contributed by atoms with Crippen LogP contribution in [0.25, 0.3) is 0 Å². The van der Waals surface area contributed by atoms with Gasteiger partial charge in [-0.2, -0.15) is 0 Å². The van der Waals surface area contributed by atoms with E-state index in [0.29, 0.717) is 17.1 Å². The second kappa shape index (κ2) is 5.75. The first-order chi connectivity index (χ1) is 9.88. The maximum Gasteiger partial charge on any atom is 0.337 e. The molecule has 0 atom stereocenters. The van der Waals surface area contributed by atoms with E-state index in [9.17, 15) is 4.79 Å². The van der Waals surface area contributed by atoms with E-state index in [4.69, 9.17) is 15.6 Å². The van der Waals surface area contributed by atoms with E-state index in [1.807, 2.05) is 43.3 Å². The molecule has 0 unspecified atom stereocenters. The monoisotopic (exact) mass is 286 g/mol. The Kier molecular flexibility index (Phi) is 4.03. The molecule has 5 nitrogen and oxygen atoms in total. The third kappa shape index (κ3) is 3.25. The number of aryl methyl sites for hydroxylation is 1. The van der Waals surface area contributed by atoms with E-state index < -0.39 is 5.97 Å². The van der Waals surface area contributed by atoms with Gasteiger partial charge in [0, 0.05) is 31.5 Å². The number of nitrogens with zero attached hydrogens (tertiary/aromatic N) is 1. The van der Waals surface area contributed by atoms with Crippen molar-refractivity contribution in [3.63, 3.8) is 0 Å². The first-order valence-corrected chi connectivity index (χ1v) is 6.47. The number of hydrogen-bond acceptors (Lipinski definition) is 4. The van der Waals surface area contributed by atoms with Crippen molar-refractivity contribution in [3.8, 4) is 11.5 Å². The lowest BCUT2D eigenvalue weighted by atomic mass is 10.1. The first-order valence-electron chi connectivity index (χ1n) is 6.47. The van der Waals surface area contributed by atoms with Crippen LogP contribution < -0.4 is 15.4 Å². The molecule has 2 aromatic carbocycles. The number of carbonyl (C=O) groups is 1. The maximum atomic E-state index is 11.2. The van der Waals surface area contributed by atoms with Gasteiger partial charge in [0.25, 0.3) is 0 Å². The summed E-state index contributed by atoms with van der Waals surface area (Å²) in [7, 11) is 3.88. The highest BCUT2D eigenvalue weighted by molar-refractivity contribution is 5.95. The highest BCUT2D eigenvalue weighted by Gasteiger charge is 2.13. The molecule has 5 heteroatoms. The zero-order valence-electron chi connectivity index (χ0n) is 12.3. The number of carboxylic acid groups (broad SMARTS) is 1. The third-order valence-corrected chi connectivity index (χ3v) is 3.16. The maximum absolute atomic E-state index is 11.2. The van der Waals surface area contributed by atoms with Crippen LogP contribution in [0.3, 0.4) is 0 Å². The summed E-state index contributed by atoms with van der Waals surface area (Å²) < 4.78 is 5.75. The molecule has 2 aromatic rings. The highest BCUT2D eigenvalue weighted by atomic mass is 16.5. The molecule has 0 radical (unpaired) electrons. The van der Waals surface area contributed by atoms with E-state index in [1.165, 1.54) is 6.07 Å². The van der Waals surface area contributed by atoms with Gasteiger partial charge in [-0.15, -0.1) is 0 Å². The van der Waals surface area contributed by atoms with Crippen LogP contribution in [-0.2, 0) is 0 Å². The zero-order chi connectivity index (χ0) is 15.6. The molecule has 110 valence electrons. The molecular formula is C16H18N2O3. The summed E-state index contributed by atoms with van der Waals surface area (Å²) in [6.45, 7) is 1.75. The Morgan fingerprint density at radius 2 is 1.90 bits per heavy atom. The molecule has 0 fully saturated rings. The Bertz CT molecular complexity index is 681. The van der Waals surface area contributed by atoms with Gasteiger partial charge in [-0.25, -0.2) is 4.79 Å². The lowest BCUT2D eigenvalue weighted by molar-refractivity contribution is 0.0697. The number of benzene rings is 2. The van der Waals surface area contributed by atoms with Gasteiger partial charge in [0.1, 0.15) is 11.5 Å². The smallest absolute Gasteiger partial charge is 0.337 e. The van der Waals surface area contributed by atoms with Gasteiger partial charge in [-0.3, -0.25) is 0 Å². The van der Waals surface area contributed by atoms with Crippen LogP contribution in [0.15, 0.2) is 36.4 Å². The number of rotatable bonds is 4. The van der Waals surface area contributed by atoms with Crippen molar-refractivity contribution in [1.29, 1.82) is 0 Å². The minimum absolute atomic E-state index is 0.0498. The number of carboxylic acids is 1. The van der Waals surface area contributed by atoms with Gasteiger partial charge >= 0.3 is 5.97 Å². The minimum Gasteiger partial charge on any atom is -0.478 e. The lowest BCUT2D eigenvalue weighted by Gasteiger charge is -2.15. The molecular weight excluding hydrogens is 268 g/mol. The molecule has 21 heavy (non-hydrogen) atoms. The summed E-state index contributed by atoms with van der Waals surface area (Å²) in [6, 6.07) is 10.7. The number of ether oxygens (including phenoxy) is 1. The van der Waals surface area contributed by atoms with Crippen LogP contribution in [-0.4, -0.2) is 25.2 Å². The molecule has 3 N–H and O–H groups in total. The zero-order valence-corrected chi connectivity index (χ0v) is 12.3. The molecule has 0 bridgehead atoms. The molecule has 0 aliphatic carbocycles. The summed E-state index contributed by atoms with van der Waals surface area (Å²) in [6.07, 6.45) is 0. The predicted molar refractivity (Wildman–Crippen MR) is 83.4 cm³/mol. The van der Waals surface area contributed by atoms with Gasteiger partial charge in [0.15, 0.2) is 0 Å². The van der Waals surface area contributed by atoms with Crippen LogP contribution >= 0.6 is 0 Å². The van der Waals surface area contributed by atoms with E-state index >= 15 is 0 Å². The second-order valence-corrected chi connectivity index (χ2v) is 5.00. The number of hydrogen-bond donors (Lipinski definition) is 2. The van der Waals surface area contributed by atoms with Crippen molar-refractivity contribution in [2.75, 3.05) is 24.7 Å². The topological polar surface area (TPSA) is 75.8 Å². The molecule has 0 heterocycles. The van der Waals surface area contributed by atoms with E-state index in [2.05, 4.69) is 0 Å². The molecule has 0 aromatic heterocycles. The van der Waals surface area contributed by atoms with Crippen LogP contribution in [0.1, 0.15) is 15.9 Å². The van der Waals surface area contributed by atoms with Crippen LogP contribution in [0.2, 0.25) is 0 Å². The molecule has 0 aliphatic heterocycles. The van der Waals surface area contributed by atoms with Gasteiger partial charge in [0.2, 0.25) is 0 Å². The summed E-state index contributed by atoms with van der Waals surface area (Å²) in [5.74, 6) is 0.0276. The van der Waals surface area contributed by atoms with Crippen molar-refractivity contribution in [3.05, 3.63) is 47.5 Å². The van der Waals surface area contributed by atoms with Crippen LogP contribution in [0, 0.1) is 6.92 Å². The molecule has 0 spiro atoms. The van der Waals surface area contributed by atoms with Crippen LogP contribution in [0.5, 0.6) is 11.5 Å². The number of aromatic carboxylic acids is 1. The van der Waals surface area contributed by atoms with E-state index in [1.54, 1.807) is 13.0 Å². The van der Waals surface area contributed by atoms with Crippen molar-refractivity contribution >= 4 is 17.3 Å². The van der Waals surface area contributed by atoms with Crippen molar-refractivity contribution < 1.29 is 14.6 Å². The molecule has 0 aliphatic rings. The normalized spacial score (nSPS) is 10.2. The minimum atomic E-state index is -1.07. The Balaban J connectivity index is 2.36. The van der Waals surface area contributed by atoms with Crippen molar-refractivity contribution in [1.82, 2.24) is 0 Å². The van der Waals surface area contributed by atoms with E-state index in [-0.39, 0.29) is 11.3 Å². The predicted octanol–water partition coefficient (Wildman–Crippen LogP) is 3.13. The summed E-state index contributed by atoms with van der Waals surface area (Å²) in [4.78, 5) is 13.1. The van der Waals surface area contributed by atoms with Gasteiger partial charge in [-0.05, 0) is 36.8 Å². The fraction of sp³-hybridized carbons (Fsp3) is 0.188. The molecule has 0 saturated heterocycles. The highest BCUT2D eigenvalue weighted by Crippen LogP contribution is 2.29. The fourth-order valence-corrected chi connectivity index (χ4v) is 1.96.